The zero-order valence-electron chi connectivity index (χ0n) is 37.3. The average Bonchev–Trinajstić information content (AvgIpc) is 3.21. The lowest BCUT2D eigenvalue weighted by Crippen LogP contribution is -2.58. The molecular formula is C48H61N5O10. The maximum Gasteiger partial charge on any atom is 0.410 e. The Morgan fingerprint density at radius 2 is 1.32 bits per heavy atom. The van der Waals surface area contributed by atoms with Crippen LogP contribution in [0.3, 0.4) is 0 Å². The van der Waals surface area contributed by atoms with E-state index in [2.05, 4.69) is 38.7 Å². The van der Waals surface area contributed by atoms with E-state index in [1.807, 2.05) is 60.7 Å². The highest BCUT2D eigenvalue weighted by Gasteiger charge is 2.28. The number of alkyl carbamates (subject to hydrolysis) is 2. The van der Waals surface area contributed by atoms with Gasteiger partial charge < -0.3 is 34.3 Å². The average molecular weight is 868 g/mol. The fourth-order valence-electron chi connectivity index (χ4n) is 6.99. The van der Waals surface area contributed by atoms with Crippen molar-refractivity contribution in [2.24, 2.45) is 0 Å². The van der Waals surface area contributed by atoms with Crippen LogP contribution >= 0.6 is 0 Å². The molecule has 2 atom stereocenters. The van der Waals surface area contributed by atoms with Crippen LogP contribution in [0.5, 0.6) is 11.5 Å². The molecular weight excluding hydrogens is 807 g/mol. The second-order valence-electron chi connectivity index (χ2n) is 17.2. The fourth-order valence-corrected chi connectivity index (χ4v) is 6.99. The number of hydrogen-bond acceptors (Lipinski definition) is 11. The van der Waals surface area contributed by atoms with Crippen molar-refractivity contribution in [1.82, 2.24) is 26.6 Å². The molecule has 4 aromatic rings. The second kappa shape index (κ2) is 22.1. The molecule has 4 aromatic carbocycles. The number of carbonyl (C=O) groups is 5. The highest BCUT2D eigenvalue weighted by atomic mass is 16.6. The molecule has 0 aliphatic carbocycles. The molecule has 0 saturated heterocycles. The third-order valence-electron chi connectivity index (χ3n) is 9.75. The molecule has 1 aliphatic rings. The number of carbonyl (C=O) groups excluding carboxylic acids is 5. The van der Waals surface area contributed by atoms with Crippen molar-refractivity contribution in [2.75, 3.05) is 26.9 Å². The number of rotatable bonds is 9. The Hall–Kier alpha value is -6.35. The lowest BCUT2D eigenvalue weighted by atomic mass is 9.92. The number of ether oxygens (including phenoxy) is 5. The van der Waals surface area contributed by atoms with Crippen molar-refractivity contribution in [2.45, 2.75) is 110 Å². The smallest absolute Gasteiger partial charge is 0.410 e. The fraction of sp³-hybridized carbons (Fsp3) is 0.438. The molecule has 1 aliphatic heterocycles. The quantitative estimate of drug-likeness (QED) is 0.0371. The highest BCUT2D eigenvalue weighted by Crippen LogP contribution is 2.45. The van der Waals surface area contributed by atoms with E-state index in [1.165, 1.54) is 7.11 Å². The summed E-state index contributed by atoms with van der Waals surface area (Å²) in [5.41, 5.74) is 0.189. The summed E-state index contributed by atoms with van der Waals surface area (Å²) in [4.78, 5) is 65.4. The summed E-state index contributed by atoms with van der Waals surface area (Å²) in [7, 11) is 1.25. The van der Waals surface area contributed by atoms with Gasteiger partial charge >= 0.3 is 18.2 Å². The lowest BCUT2D eigenvalue weighted by molar-refractivity contribution is -0.145. The third kappa shape index (κ3) is 14.6. The monoisotopic (exact) mass is 867 g/mol. The number of unbranched alkanes of at least 4 members (excludes halogenated alkanes) is 1. The van der Waals surface area contributed by atoms with E-state index in [0.717, 1.165) is 32.7 Å². The molecule has 0 bridgehead atoms. The lowest BCUT2D eigenvalue weighted by Gasteiger charge is -2.26. The van der Waals surface area contributed by atoms with Crippen LogP contribution in [0.25, 0.3) is 32.7 Å². The van der Waals surface area contributed by atoms with Crippen LogP contribution < -0.4 is 36.1 Å². The summed E-state index contributed by atoms with van der Waals surface area (Å²) in [6.07, 6.45) is 2.60. The van der Waals surface area contributed by atoms with Crippen LogP contribution in [0.2, 0.25) is 0 Å². The van der Waals surface area contributed by atoms with Gasteiger partial charge in [-0.15, -0.1) is 0 Å². The summed E-state index contributed by atoms with van der Waals surface area (Å²) < 4.78 is 28.7. The zero-order valence-corrected chi connectivity index (χ0v) is 37.3. The molecule has 4 amide bonds. The number of fused-ring (bicyclic) bond motifs is 7. The summed E-state index contributed by atoms with van der Waals surface area (Å²) >= 11 is 0. The van der Waals surface area contributed by atoms with Crippen molar-refractivity contribution < 1.29 is 47.7 Å². The Balaban J connectivity index is 1.33. The number of hydrogen-bond donors (Lipinski definition) is 5. The molecule has 0 spiro atoms. The molecule has 5 N–H and O–H groups in total. The Kier molecular flexibility index (Phi) is 16.8. The minimum absolute atomic E-state index is 0.0639. The van der Waals surface area contributed by atoms with E-state index in [9.17, 15) is 24.0 Å². The van der Waals surface area contributed by atoms with Gasteiger partial charge in [0.1, 0.15) is 41.4 Å². The number of nitrogens with one attached hydrogen (secondary N) is 5. The molecule has 15 nitrogen and oxygen atoms in total. The molecule has 0 aromatic heterocycles. The van der Waals surface area contributed by atoms with Gasteiger partial charge in [0.25, 0.3) is 0 Å². The van der Waals surface area contributed by atoms with E-state index in [4.69, 9.17) is 23.7 Å². The molecule has 338 valence electrons. The maximum atomic E-state index is 13.8. The Morgan fingerprint density at radius 1 is 0.746 bits per heavy atom. The summed E-state index contributed by atoms with van der Waals surface area (Å²) in [6.45, 7) is 11.0. The largest absolute Gasteiger partial charge is 0.493 e. The molecule has 0 fully saturated rings. The van der Waals surface area contributed by atoms with E-state index in [1.54, 1.807) is 53.7 Å². The summed E-state index contributed by atoms with van der Waals surface area (Å²) in [5.74, 6) is -0.283. The topological polar surface area (TPSA) is 192 Å². The first-order chi connectivity index (χ1) is 30.0. The van der Waals surface area contributed by atoms with Crippen molar-refractivity contribution in [1.29, 1.82) is 0 Å². The van der Waals surface area contributed by atoms with E-state index in [-0.39, 0.29) is 44.9 Å². The predicted molar refractivity (Wildman–Crippen MR) is 241 cm³/mol. The molecule has 1 heterocycles. The van der Waals surface area contributed by atoms with Gasteiger partial charge in [-0.3, -0.25) is 25.5 Å². The van der Waals surface area contributed by atoms with Gasteiger partial charge in [0, 0.05) is 17.5 Å². The van der Waals surface area contributed by atoms with E-state index >= 15 is 0 Å². The molecule has 0 radical (unpaired) electrons. The Bertz CT molecular complexity index is 2230. The first kappa shape index (κ1) is 47.7. The molecule has 15 heteroatoms. The molecule has 5 rings (SSSR count). The van der Waals surface area contributed by atoms with Crippen LogP contribution in [0.4, 0.5) is 9.59 Å². The zero-order chi connectivity index (χ0) is 45.6. The number of methoxy groups -OCH3 is 1. The first-order valence-corrected chi connectivity index (χ1v) is 21.4. The minimum atomic E-state index is -1.04. The second-order valence-corrected chi connectivity index (χ2v) is 17.2. The predicted octanol–water partition coefficient (Wildman–Crippen LogP) is 7.39. The highest BCUT2D eigenvalue weighted by molar-refractivity contribution is 6.09. The number of amides is 4. The number of benzene rings is 4. The molecule has 0 saturated carbocycles. The van der Waals surface area contributed by atoms with Gasteiger partial charge in [-0.2, -0.15) is 0 Å². The maximum absolute atomic E-state index is 13.8. The van der Waals surface area contributed by atoms with Gasteiger partial charge in [0.15, 0.2) is 6.29 Å². The van der Waals surface area contributed by atoms with Gasteiger partial charge in [-0.05, 0) is 114 Å². The van der Waals surface area contributed by atoms with E-state index < -0.39 is 53.6 Å². The van der Waals surface area contributed by atoms with Crippen molar-refractivity contribution >= 4 is 51.5 Å². The van der Waals surface area contributed by atoms with Crippen LogP contribution in [0, 0.1) is 0 Å². The SMILES string of the molecule is COC(=O)[C@@H]1C/C=C/COc2ccc3ccccc3c2-c2c(ccc3ccccc23)OCCCC(=O)N[C@H](CCCCNC(NC(=O)OC(C)(C)C)NC(=O)OC(C)(C)C)C(=O)N1. The van der Waals surface area contributed by atoms with Crippen molar-refractivity contribution in [3.05, 3.63) is 84.9 Å². The number of esters is 1. The van der Waals surface area contributed by atoms with Crippen LogP contribution in [-0.4, -0.2) is 86.4 Å². The summed E-state index contributed by atoms with van der Waals surface area (Å²) in [5, 5.41) is 17.9. The standard InChI is InChI=1S/C48H61N5O10/c1-47(2,3)62-45(57)52-44(53-46(58)63-48(4,5)6)49-28-14-12-21-35-42(55)51-36(43(56)59-7)22-13-15-29-60-37-26-24-31-17-8-10-19-33(31)40(37)41-34-20-11-9-18-32(34)25-27-38(41)61-30-16-23-39(54)50-35/h8-11,13,15,17-20,24-27,35-36,44,49H,12,14,16,21-23,28-30H2,1-7H3,(H,50,54)(H,51,55)(H,52,57)(H,53,58)/b15-13+/t35-,36+/m1/s1. The van der Waals surface area contributed by atoms with Crippen LogP contribution in [-0.2, 0) is 28.6 Å². The van der Waals surface area contributed by atoms with Gasteiger partial charge in [0.2, 0.25) is 11.8 Å². The van der Waals surface area contributed by atoms with Gasteiger partial charge in [0.05, 0.1) is 13.7 Å². The van der Waals surface area contributed by atoms with E-state index in [0.29, 0.717) is 30.8 Å². The molecule has 0 unspecified atom stereocenters. The van der Waals surface area contributed by atoms with Gasteiger partial charge in [-0.1, -0.05) is 72.8 Å². The normalized spacial score (nSPS) is 17.2. The molecule has 63 heavy (non-hydrogen) atoms. The third-order valence-corrected chi connectivity index (χ3v) is 9.75. The van der Waals surface area contributed by atoms with Crippen molar-refractivity contribution in [3.8, 4) is 22.6 Å². The van der Waals surface area contributed by atoms with Gasteiger partial charge in [-0.25, -0.2) is 14.4 Å². The van der Waals surface area contributed by atoms with Crippen LogP contribution in [0.1, 0.15) is 80.1 Å². The Morgan fingerprint density at radius 3 is 1.89 bits per heavy atom. The van der Waals surface area contributed by atoms with Crippen molar-refractivity contribution in [3.63, 3.8) is 0 Å². The Labute approximate surface area is 368 Å². The summed E-state index contributed by atoms with van der Waals surface area (Å²) in [6, 6.07) is 22.0. The first-order valence-electron chi connectivity index (χ1n) is 21.4. The minimum Gasteiger partial charge on any atom is -0.493 e. The van der Waals surface area contributed by atoms with Crippen LogP contribution in [0.15, 0.2) is 84.9 Å².